The highest BCUT2D eigenvalue weighted by molar-refractivity contribution is 5.83. The molecule has 0 bridgehead atoms. The van der Waals surface area contributed by atoms with Crippen LogP contribution in [0.4, 0.5) is 20.3 Å². The Morgan fingerprint density at radius 2 is 2.06 bits per heavy atom. The van der Waals surface area contributed by atoms with Gasteiger partial charge in [0.15, 0.2) is 0 Å². The van der Waals surface area contributed by atoms with Gasteiger partial charge in [-0.2, -0.15) is 0 Å². The Balaban J connectivity index is 2.34. The van der Waals surface area contributed by atoms with E-state index in [4.69, 9.17) is 5.73 Å². The van der Waals surface area contributed by atoms with E-state index in [1.165, 1.54) is 4.90 Å². The number of alkyl halides is 2. The minimum atomic E-state index is -2.37. The van der Waals surface area contributed by atoms with Gasteiger partial charge in [0.1, 0.15) is 5.82 Å². The van der Waals surface area contributed by atoms with Crippen LogP contribution in [0.1, 0.15) is 0 Å². The molecular weight excluding hydrogens is 224 g/mol. The Bertz CT molecular complexity index is 528. The number of aromatic nitrogens is 1. The van der Waals surface area contributed by atoms with Gasteiger partial charge in [-0.15, -0.1) is 0 Å². The van der Waals surface area contributed by atoms with Crippen LogP contribution in [0.15, 0.2) is 30.3 Å². The number of benzene rings is 1. The Kier molecular flexibility index (Phi) is 3.08. The van der Waals surface area contributed by atoms with Crippen LogP contribution < -0.4 is 10.6 Å². The maximum absolute atomic E-state index is 12.3. The lowest BCUT2D eigenvalue weighted by molar-refractivity contribution is 0.156. The van der Waals surface area contributed by atoms with Crippen LogP contribution in [0.3, 0.4) is 0 Å². The Morgan fingerprint density at radius 3 is 2.76 bits per heavy atom. The molecular formula is C12H13F2N3. The van der Waals surface area contributed by atoms with Gasteiger partial charge >= 0.3 is 0 Å². The number of anilines is 2. The lowest BCUT2D eigenvalue weighted by Crippen LogP contribution is -2.24. The van der Waals surface area contributed by atoms with Gasteiger partial charge in [-0.05, 0) is 30.3 Å². The fraction of sp³-hybridized carbons (Fsp3) is 0.250. The molecule has 0 saturated heterocycles. The van der Waals surface area contributed by atoms with Crippen molar-refractivity contribution in [2.24, 2.45) is 0 Å². The first-order valence-electron chi connectivity index (χ1n) is 5.22. The molecule has 0 fully saturated rings. The molecule has 0 radical (unpaired) electrons. The number of hydrogen-bond acceptors (Lipinski definition) is 3. The van der Waals surface area contributed by atoms with E-state index in [-0.39, 0.29) is 6.54 Å². The first kappa shape index (κ1) is 11.6. The highest BCUT2D eigenvalue weighted by Gasteiger charge is 2.09. The predicted octanol–water partition coefficient (Wildman–Crippen LogP) is 2.52. The molecule has 0 unspecified atom stereocenters. The molecule has 5 heteroatoms. The monoisotopic (exact) mass is 237 g/mol. The Hall–Kier alpha value is -1.91. The average molecular weight is 237 g/mol. The summed E-state index contributed by atoms with van der Waals surface area (Å²) in [5.41, 5.74) is 7.06. The van der Waals surface area contributed by atoms with Gasteiger partial charge in [-0.3, -0.25) is 0 Å². The second-order valence-electron chi connectivity index (χ2n) is 3.89. The number of fused-ring (bicyclic) bond motifs is 1. The van der Waals surface area contributed by atoms with E-state index >= 15 is 0 Å². The Labute approximate surface area is 97.9 Å². The smallest absolute Gasteiger partial charge is 0.255 e. The van der Waals surface area contributed by atoms with Gasteiger partial charge in [0.2, 0.25) is 0 Å². The maximum atomic E-state index is 12.3. The summed E-state index contributed by atoms with van der Waals surface area (Å²) in [6.45, 7) is -0.326. The summed E-state index contributed by atoms with van der Waals surface area (Å²) in [7, 11) is 1.59. The minimum Gasteiger partial charge on any atom is -0.399 e. The third-order valence-electron chi connectivity index (χ3n) is 2.50. The zero-order valence-corrected chi connectivity index (χ0v) is 9.40. The molecule has 0 aliphatic rings. The normalized spacial score (nSPS) is 11.1. The maximum Gasteiger partial charge on any atom is 0.255 e. The summed E-state index contributed by atoms with van der Waals surface area (Å²) in [6, 6.07) is 8.87. The molecule has 2 aromatic rings. The van der Waals surface area contributed by atoms with E-state index < -0.39 is 6.43 Å². The molecule has 2 rings (SSSR count). The van der Waals surface area contributed by atoms with Crippen LogP contribution in [0, 0.1) is 0 Å². The zero-order chi connectivity index (χ0) is 12.4. The van der Waals surface area contributed by atoms with Gasteiger partial charge in [0, 0.05) is 18.1 Å². The molecule has 2 N–H and O–H groups in total. The molecule has 0 saturated carbocycles. The Morgan fingerprint density at radius 1 is 1.29 bits per heavy atom. The molecule has 0 atom stereocenters. The van der Waals surface area contributed by atoms with Crippen LogP contribution in [0.5, 0.6) is 0 Å². The van der Waals surface area contributed by atoms with Crippen molar-refractivity contribution in [3.05, 3.63) is 30.3 Å². The van der Waals surface area contributed by atoms with Crippen LogP contribution >= 0.6 is 0 Å². The third kappa shape index (κ3) is 2.61. The highest BCUT2D eigenvalue weighted by atomic mass is 19.3. The third-order valence-corrected chi connectivity index (χ3v) is 2.50. The van der Waals surface area contributed by atoms with Crippen LogP contribution in [-0.4, -0.2) is 25.0 Å². The number of halogens is 2. The predicted molar refractivity (Wildman–Crippen MR) is 65.4 cm³/mol. The van der Waals surface area contributed by atoms with E-state index in [0.717, 1.165) is 10.9 Å². The van der Waals surface area contributed by atoms with Crippen molar-refractivity contribution >= 4 is 22.4 Å². The second-order valence-corrected chi connectivity index (χ2v) is 3.89. The lowest BCUT2D eigenvalue weighted by Gasteiger charge is -2.17. The number of nitrogens with zero attached hydrogens (tertiary/aromatic N) is 2. The molecule has 1 aromatic heterocycles. The van der Waals surface area contributed by atoms with Gasteiger partial charge in [0.05, 0.1) is 12.1 Å². The van der Waals surface area contributed by atoms with Crippen molar-refractivity contribution in [2.45, 2.75) is 6.43 Å². The van der Waals surface area contributed by atoms with E-state index in [2.05, 4.69) is 4.98 Å². The van der Waals surface area contributed by atoms with Crippen LogP contribution in [-0.2, 0) is 0 Å². The molecule has 0 aliphatic heterocycles. The summed E-state index contributed by atoms with van der Waals surface area (Å²) >= 11 is 0. The number of nitrogens with two attached hydrogens (primary N) is 1. The molecule has 17 heavy (non-hydrogen) atoms. The SMILES string of the molecule is CN(CC(F)F)c1ccc2cc(N)ccc2n1. The van der Waals surface area contributed by atoms with Crippen molar-refractivity contribution < 1.29 is 8.78 Å². The van der Waals surface area contributed by atoms with Crippen LogP contribution in [0.2, 0.25) is 0 Å². The zero-order valence-electron chi connectivity index (χ0n) is 9.40. The summed E-state index contributed by atoms with van der Waals surface area (Å²) in [5, 5.41) is 0.902. The summed E-state index contributed by atoms with van der Waals surface area (Å²) in [5.74, 6) is 0.530. The van der Waals surface area contributed by atoms with E-state index in [0.29, 0.717) is 11.5 Å². The second kappa shape index (κ2) is 4.53. The quantitative estimate of drug-likeness (QED) is 0.834. The molecule has 90 valence electrons. The fourth-order valence-electron chi connectivity index (χ4n) is 1.65. The van der Waals surface area contributed by atoms with Gasteiger partial charge in [-0.1, -0.05) is 0 Å². The number of nitrogen functional groups attached to an aromatic ring is 1. The molecule has 0 spiro atoms. The van der Waals surface area contributed by atoms with Crippen LogP contribution in [0.25, 0.3) is 10.9 Å². The number of hydrogen-bond donors (Lipinski definition) is 1. The standard InChI is InChI=1S/C12H13F2N3/c1-17(7-11(13)14)12-5-2-8-6-9(15)3-4-10(8)16-12/h2-6,11H,7,15H2,1H3. The minimum absolute atomic E-state index is 0.326. The van der Waals surface area contributed by atoms with Gasteiger partial charge < -0.3 is 10.6 Å². The molecule has 0 amide bonds. The lowest BCUT2D eigenvalue weighted by atomic mass is 10.2. The average Bonchev–Trinajstić information content (AvgIpc) is 2.27. The van der Waals surface area contributed by atoms with Crippen molar-refractivity contribution in [3.63, 3.8) is 0 Å². The highest BCUT2D eigenvalue weighted by Crippen LogP contribution is 2.19. The van der Waals surface area contributed by atoms with Gasteiger partial charge in [-0.25, -0.2) is 13.8 Å². The molecule has 1 aromatic carbocycles. The first-order valence-corrected chi connectivity index (χ1v) is 5.22. The summed E-state index contributed by atoms with van der Waals surface area (Å²) in [6.07, 6.45) is -2.37. The van der Waals surface area contributed by atoms with Crippen molar-refractivity contribution in [3.8, 4) is 0 Å². The molecule has 1 heterocycles. The van der Waals surface area contributed by atoms with E-state index in [1.807, 2.05) is 6.07 Å². The topological polar surface area (TPSA) is 42.1 Å². The van der Waals surface area contributed by atoms with E-state index in [9.17, 15) is 8.78 Å². The molecule has 0 aliphatic carbocycles. The van der Waals surface area contributed by atoms with Crippen molar-refractivity contribution in [1.29, 1.82) is 0 Å². The number of pyridine rings is 1. The van der Waals surface area contributed by atoms with Gasteiger partial charge in [0.25, 0.3) is 6.43 Å². The number of rotatable bonds is 3. The summed E-state index contributed by atoms with van der Waals surface area (Å²) in [4.78, 5) is 5.74. The first-order chi connectivity index (χ1) is 8.06. The largest absolute Gasteiger partial charge is 0.399 e. The van der Waals surface area contributed by atoms with E-state index in [1.54, 1.807) is 31.3 Å². The van der Waals surface area contributed by atoms with Crippen molar-refractivity contribution in [2.75, 3.05) is 24.2 Å². The fourth-order valence-corrected chi connectivity index (χ4v) is 1.65. The van der Waals surface area contributed by atoms with Crippen molar-refractivity contribution in [1.82, 2.24) is 4.98 Å². The molecule has 3 nitrogen and oxygen atoms in total. The summed E-state index contributed by atoms with van der Waals surface area (Å²) < 4.78 is 24.5.